The molecule has 0 aromatic rings. The minimum Gasteiger partial charge on any atom is -0.381 e. The first-order chi connectivity index (χ1) is 11.0. The monoisotopic (exact) mass is 454 g/mol. The fourth-order valence-electron chi connectivity index (χ4n) is 2.40. The largest absolute Gasteiger partial charge is 0.381 e. The molecule has 0 spiro atoms. The molecule has 6 nitrogen and oxygen atoms in total. The van der Waals surface area contributed by atoms with Gasteiger partial charge in [-0.25, -0.2) is 4.99 Å². The number of hydrogen-bond acceptors (Lipinski definition) is 3. The Morgan fingerprint density at radius 1 is 1.29 bits per heavy atom. The summed E-state index contributed by atoms with van der Waals surface area (Å²) in [4.78, 5) is 17.7. The molecule has 1 rings (SSSR count). The van der Waals surface area contributed by atoms with E-state index >= 15 is 0 Å². The molecule has 0 aromatic heterocycles. The fourth-order valence-corrected chi connectivity index (χ4v) is 2.40. The third-order valence-corrected chi connectivity index (χ3v) is 3.78. The van der Waals surface area contributed by atoms with E-state index in [-0.39, 0.29) is 36.4 Å². The normalized spacial score (nSPS) is 15.3. The second-order valence-corrected chi connectivity index (χ2v) is 6.83. The van der Waals surface area contributed by atoms with Crippen LogP contribution in [0.5, 0.6) is 0 Å². The van der Waals surface area contributed by atoms with Gasteiger partial charge in [-0.2, -0.15) is 0 Å². The van der Waals surface area contributed by atoms with Crippen LogP contribution in [0.1, 0.15) is 46.0 Å². The first-order valence-electron chi connectivity index (χ1n) is 8.81. The number of carbonyl (C=O) groups is 1. The summed E-state index contributed by atoms with van der Waals surface area (Å²) in [5.74, 6) is 1.33. The molecule has 7 heteroatoms. The summed E-state index contributed by atoms with van der Waals surface area (Å²) < 4.78 is 5.58. The van der Waals surface area contributed by atoms with Gasteiger partial charge in [-0.15, -0.1) is 24.0 Å². The lowest BCUT2D eigenvalue weighted by molar-refractivity contribution is -0.127. The Labute approximate surface area is 164 Å². The van der Waals surface area contributed by atoms with Gasteiger partial charge in [-0.1, -0.05) is 26.7 Å². The highest BCUT2D eigenvalue weighted by Gasteiger charge is 2.16. The van der Waals surface area contributed by atoms with Crippen molar-refractivity contribution in [1.82, 2.24) is 15.5 Å². The van der Waals surface area contributed by atoms with E-state index in [0.717, 1.165) is 32.1 Å². The van der Waals surface area contributed by atoms with Crippen LogP contribution in [-0.2, 0) is 9.53 Å². The van der Waals surface area contributed by atoms with Crippen molar-refractivity contribution in [2.75, 3.05) is 40.4 Å². The molecule has 0 aliphatic heterocycles. The Kier molecular flexibility index (Phi) is 13.4. The molecule has 0 atom stereocenters. The highest BCUT2D eigenvalue weighted by molar-refractivity contribution is 14.0. The van der Waals surface area contributed by atoms with Gasteiger partial charge in [0.15, 0.2) is 5.96 Å². The zero-order valence-electron chi connectivity index (χ0n) is 15.6. The van der Waals surface area contributed by atoms with Gasteiger partial charge in [0.2, 0.25) is 5.91 Å². The predicted molar refractivity (Wildman–Crippen MR) is 110 cm³/mol. The van der Waals surface area contributed by atoms with E-state index in [1.54, 1.807) is 19.0 Å². The summed E-state index contributed by atoms with van der Waals surface area (Å²) in [5, 5.41) is 6.76. The lowest BCUT2D eigenvalue weighted by atomic mass is 10.2. The number of carbonyl (C=O) groups excluding carboxylic acids is 1. The number of amides is 1. The first-order valence-corrected chi connectivity index (χ1v) is 8.81. The van der Waals surface area contributed by atoms with E-state index in [4.69, 9.17) is 4.74 Å². The average molecular weight is 454 g/mol. The van der Waals surface area contributed by atoms with Gasteiger partial charge in [0, 0.05) is 39.9 Å². The number of aliphatic imine (C=N–C) groups is 1. The van der Waals surface area contributed by atoms with Crippen LogP contribution >= 0.6 is 24.0 Å². The summed E-state index contributed by atoms with van der Waals surface area (Å²) in [5.41, 5.74) is 0. The van der Waals surface area contributed by atoms with E-state index < -0.39 is 0 Å². The van der Waals surface area contributed by atoms with Crippen molar-refractivity contribution in [1.29, 1.82) is 0 Å². The van der Waals surface area contributed by atoms with Gasteiger partial charge >= 0.3 is 0 Å². The van der Waals surface area contributed by atoms with E-state index in [2.05, 4.69) is 29.5 Å². The molecule has 0 radical (unpaired) electrons. The standard InChI is InChI=1S/C17H34N4O2.HI/c1-14(2)13-23-11-7-10-18-17(19-12-16(22)21(3)4)20-15-8-5-6-9-15;/h14-15H,5-13H2,1-4H3,(H2,18,19,20);1H. The molecule has 1 amide bonds. The van der Waals surface area contributed by atoms with E-state index in [1.807, 2.05) is 0 Å². The van der Waals surface area contributed by atoms with Crippen molar-refractivity contribution in [2.45, 2.75) is 52.0 Å². The molecule has 0 aromatic carbocycles. The Hall–Kier alpha value is -0.570. The molecule has 0 unspecified atom stereocenters. The molecular weight excluding hydrogens is 419 g/mol. The summed E-state index contributed by atoms with van der Waals surface area (Å²) in [6, 6.07) is 0.480. The number of nitrogens with zero attached hydrogens (tertiary/aromatic N) is 2. The van der Waals surface area contributed by atoms with Crippen LogP contribution in [0.4, 0.5) is 0 Å². The minimum absolute atomic E-state index is 0. The Morgan fingerprint density at radius 2 is 1.96 bits per heavy atom. The molecule has 1 fully saturated rings. The van der Waals surface area contributed by atoms with Crippen molar-refractivity contribution < 1.29 is 9.53 Å². The molecule has 24 heavy (non-hydrogen) atoms. The Morgan fingerprint density at radius 3 is 2.54 bits per heavy atom. The molecule has 1 saturated carbocycles. The topological polar surface area (TPSA) is 66.0 Å². The highest BCUT2D eigenvalue weighted by Crippen LogP contribution is 2.17. The summed E-state index contributed by atoms with van der Waals surface area (Å²) in [6.07, 6.45) is 5.83. The smallest absolute Gasteiger partial charge is 0.243 e. The number of guanidine groups is 1. The molecule has 142 valence electrons. The highest BCUT2D eigenvalue weighted by atomic mass is 127. The number of nitrogens with one attached hydrogen (secondary N) is 2. The number of likely N-dealkylation sites (N-methyl/N-ethyl adjacent to an activating group) is 1. The van der Waals surface area contributed by atoms with Crippen LogP contribution in [0.3, 0.4) is 0 Å². The zero-order chi connectivity index (χ0) is 17.1. The summed E-state index contributed by atoms with van der Waals surface area (Å²) in [7, 11) is 3.50. The Bertz CT molecular complexity index is 370. The van der Waals surface area contributed by atoms with Crippen LogP contribution in [0.2, 0.25) is 0 Å². The molecule has 0 bridgehead atoms. The Balaban J connectivity index is 0.00000529. The van der Waals surface area contributed by atoms with Crippen LogP contribution in [0.25, 0.3) is 0 Å². The SMILES string of the molecule is CC(C)COCCCNC(=NCC(=O)N(C)C)NC1CCCC1.I. The summed E-state index contributed by atoms with van der Waals surface area (Å²) >= 11 is 0. The maximum absolute atomic E-state index is 11.7. The van der Waals surface area contributed by atoms with Crippen molar-refractivity contribution >= 4 is 35.8 Å². The summed E-state index contributed by atoms with van der Waals surface area (Å²) in [6.45, 7) is 6.83. The molecule has 1 aliphatic carbocycles. The number of halogens is 1. The number of ether oxygens (including phenoxy) is 1. The van der Waals surface area contributed by atoms with E-state index in [9.17, 15) is 4.79 Å². The van der Waals surface area contributed by atoms with Gasteiger partial charge in [0.1, 0.15) is 6.54 Å². The lowest BCUT2D eigenvalue weighted by Crippen LogP contribution is -2.43. The van der Waals surface area contributed by atoms with Crippen LogP contribution in [0, 0.1) is 5.92 Å². The molecule has 2 N–H and O–H groups in total. The minimum atomic E-state index is 0. The van der Waals surface area contributed by atoms with Gasteiger partial charge in [0.25, 0.3) is 0 Å². The molecule has 0 saturated heterocycles. The van der Waals surface area contributed by atoms with Crippen LogP contribution in [0.15, 0.2) is 4.99 Å². The number of rotatable bonds is 9. The zero-order valence-corrected chi connectivity index (χ0v) is 18.0. The second kappa shape index (κ2) is 13.7. The van der Waals surface area contributed by atoms with Gasteiger partial charge < -0.3 is 20.3 Å². The van der Waals surface area contributed by atoms with Crippen molar-refractivity contribution in [3.05, 3.63) is 0 Å². The fraction of sp³-hybridized carbons (Fsp3) is 0.882. The average Bonchev–Trinajstić information content (AvgIpc) is 3.00. The van der Waals surface area contributed by atoms with Crippen molar-refractivity contribution in [3.8, 4) is 0 Å². The van der Waals surface area contributed by atoms with Crippen LogP contribution < -0.4 is 10.6 Å². The van der Waals surface area contributed by atoms with Crippen molar-refractivity contribution in [3.63, 3.8) is 0 Å². The van der Waals surface area contributed by atoms with E-state index in [1.165, 1.54) is 25.7 Å². The molecule has 0 heterocycles. The maximum atomic E-state index is 11.7. The van der Waals surface area contributed by atoms with Crippen LogP contribution in [-0.4, -0.2) is 63.2 Å². The van der Waals surface area contributed by atoms with Gasteiger partial charge in [-0.3, -0.25) is 4.79 Å². The predicted octanol–water partition coefficient (Wildman–Crippen LogP) is 2.23. The third-order valence-electron chi connectivity index (χ3n) is 3.78. The second-order valence-electron chi connectivity index (χ2n) is 6.83. The van der Waals surface area contributed by atoms with Gasteiger partial charge in [0.05, 0.1) is 0 Å². The molecular formula is C17H35IN4O2. The maximum Gasteiger partial charge on any atom is 0.243 e. The van der Waals surface area contributed by atoms with E-state index in [0.29, 0.717) is 12.0 Å². The molecule has 1 aliphatic rings. The first kappa shape index (κ1) is 23.4. The quantitative estimate of drug-likeness (QED) is 0.243. The third kappa shape index (κ3) is 11.1. The van der Waals surface area contributed by atoms with Gasteiger partial charge in [-0.05, 0) is 25.2 Å². The lowest BCUT2D eigenvalue weighted by Gasteiger charge is -2.18. The van der Waals surface area contributed by atoms with Crippen molar-refractivity contribution in [2.24, 2.45) is 10.9 Å². The number of hydrogen-bond donors (Lipinski definition) is 2.